The van der Waals surface area contributed by atoms with Crippen molar-refractivity contribution >= 4 is 44.9 Å². The van der Waals surface area contributed by atoms with Gasteiger partial charge in [0.25, 0.3) is 0 Å². The van der Waals surface area contributed by atoms with Gasteiger partial charge in [-0.15, -0.1) is 0 Å². The summed E-state index contributed by atoms with van der Waals surface area (Å²) in [6.07, 6.45) is 0. The summed E-state index contributed by atoms with van der Waals surface area (Å²) < 4.78 is 0. The van der Waals surface area contributed by atoms with Crippen molar-refractivity contribution in [1.29, 1.82) is 0 Å². The molecular formula is C60H58N2. The average Bonchev–Trinajstić information content (AvgIpc) is 3.26. The predicted octanol–water partition coefficient (Wildman–Crippen LogP) is 17.0. The third kappa shape index (κ3) is 6.29. The van der Waals surface area contributed by atoms with E-state index >= 15 is 0 Å². The fourth-order valence-electron chi connectivity index (χ4n) is 10.4. The largest absolute Gasteiger partial charge is 0.310 e. The Kier molecular flexibility index (Phi) is 9.02. The van der Waals surface area contributed by atoms with Crippen LogP contribution in [0, 0.1) is 0 Å². The second-order valence-electron chi connectivity index (χ2n) is 20.7. The third-order valence-electron chi connectivity index (χ3n) is 14.0. The molecule has 0 saturated carbocycles. The van der Waals surface area contributed by atoms with Crippen molar-refractivity contribution in [1.82, 2.24) is 0 Å². The number of benzene rings is 8. The summed E-state index contributed by atoms with van der Waals surface area (Å²) in [4.78, 5) is 4.82. The van der Waals surface area contributed by atoms with Gasteiger partial charge < -0.3 is 9.80 Å². The van der Waals surface area contributed by atoms with Crippen LogP contribution in [0.15, 0.2) is 170 Å². The highest BCUT2D eigenvalue weighted by molar-refractivity contribution is 6.13. The van der Waals surface area contributed by atoms with E-state index < -0.39 is 0 Å². The van der Waals surface area contributed by atoms with Crippen LogP contribution in [0.5, 0.6) is 0 Å². The van der Waals surface area contributed by atoms with Gasteiger partial charge in [-0.25, -0.2) is 0 Å². The second-order valence-corrected chi connectivity index (χ2v) is 20.7. The summed E-state index contributed by atoms with van der Waals surface area (Å²) in [7, 11) is 0. The van der Waals surface area contributed by atoms with E-state index in [4.69, 9.17) is 0 Å². The van der Waals surface area contributed by atoms with Crippen molar-refractivity contribution in [3.63, 3.8) is 0 Å². The molecule has 0 radical (unpaired) electrons. The summed E-state index contributed by atoms with van der Waals surface area (Å²) in [5.41, 5.74) is 20.1. The van der Waals surface area contributed by atoms with E-state index in [2.05, 4.69) is 249 Å². The first-order chi connectivity index (χ1) is 29.5. The molecule has 0 bridgehead atoms. The Labute approximate surface area is 369 Å². The van der Waals surface area contributed by atoms with Crippen LogP contribution < -0.4 is 9.80 Å². The van der Waals surface area contributed by atoms with Gasteiger partial charge in [0.2, 0.25) is 0 Å². The van der Waals surface area contributed by atoms with Crippen molar-refractivity contribution < 1.29 is 0 Å². The molecule has 0 atom stereocenters. The van der Waals surface area contributed by atoms with Crippen LogP contribution in [0.2, 0.25) is 0 Å². The quantitative estimate of drug-likeness (QED) is 0.165. The van der Waals surface area contributed by atoms with Crippen molar-refractivity contribution in [2.45, 2.75) is 90.9 Å². The first-order valence-electron chi connectivity index (χ1n) is 22.4. The fraction of sp³-hybridized carbons (Fsp3) is 0.233. The van der Waals surface area contributed by atoms with Gasteiger partial charge in [0, 0.05) is 45.0 Å². The highest BCUT2D eigenvalue weighted by atomic mass is 15.1. The maximum atomic E-state index is 2.46. The van der Waals surface area contributed by atoms with E-state index in [9.17, 15) is 0 Å². The summed E-state index contributed by atoms with van der Waals surface area (Å²) >= 11 is 0. The molecule has 2 aliphatic carbocycles. The van der Waals surface area contributed by atoms with E-state index in [0.717, 1.165) is 22.7 Å². The van der Waals surface area contributed by atoms with Gasteiger partial charge in [-0.2, -0.15) is 0 Å². The first-order valence-corrected chi connectivity index (χ1v) is 22.4. The highest BCUT2D eigenvalue weighted by Gasteiger charge is 2.40. The van der Waals surface area contributed by atoms with Gasteiger partial charge in [-0.1, -0.05) is 166 Å². The predicted molar refractivity (Wildman–Crippen MR) is 266 cm³/mol. The molecule has 0 heterocycles. The van der Waals surface area contributed by atoms with Gasteiger partial charge in [-0.05, 0) is 150 Å². The number of anilines is 6. The van der Waals surface area contributed by atoms with Crippen LogP contribution in [0.1, 0.15) is 103 Å². The zero-order valence-electron chi connectivity index (χ0n) is 38.1. The monoisotopic (exact) mass is 806 g/mol. The molecule has 10 rings (SSSR count). The van der Waals surface area contributed by atoms with Crippen LogP contribution in [-0.2, 0) is 21.7 Å². The molecular weight excluding hydrogens is 749 g/mol. The van der Waals surface area contributed by atoms with Gasteiger partial charge >= 0.3 is 0 Å². The van der Waals surface area contributed by atoms with E-state index in [-0.39, 0.29) is 21.7 Å². The lowest BCUT2D eigenvalue weighted by Crippen LogP contribution is -2.28. The van der Waals surface area contributed by atoms with Crippen molar-refractivity contribution in [3.8, 4) is 22.3 Å². The number of rotatable bonds is 6. The van der Waals surface area contributed by atoms with Gasteiger partial charge in [0.1, 0.15) is 0 Å². The zero-order valence-corrected chi connectivity index (χ0v) is 38.1. The van der Waals surface area contributed by atoms with Crippen LogP contribution in [0.25, 0.3) is 33.0 Å². The Morgan fingerprint density at radius 3 is 0.952 bits per heavy atom. The average molecular weight is 807 g/mol. The SMILES string of the molecule is CC(C)(C)c1ccc(N(c2ccccc2)c2ccc3c(c2)C(C)(C)c2ccc4c5c(ccc-3c25)-c2ccc(N(c3ccccc3)c3ccc(C(C)(C)C)cc3)cc2C4(C)C)cc1. The van der Waals surface area contributed by atoms with Crippen LogP contribution in [0.4, 0.5) is 34.1 Å². The molecule has 0 spiro atoms. The van der Waals surface area contributed by atoms with E-state index in [1.807, 2.05) is 0 Å². The van der Waals surface area contributed by atoms with E-state index in [0.29, 0.717) is 0 Å². The van der Waals surface area contributed by atoms with Gasteiger partial charge in [-0.3, -0.25) is 0 Å². The van der Waals surface area contributed by atoms with Crippen LogP contribution in [-0.4, -0.2) is 0 Å². The topological polar surface area (TPSA) is 6.48 Å². The summed E-state index contributed by atoms with van der Waals surface area (Å²) in [5, 5.41) is 2.80. The summed E-state index contributed by atoms with van der Waals surface area (Å²) in [6.45, 7) is 23.4. The summed E-state index contributed by atoms with van der Waals surface area (Å²) in [6, 6.07) is 63.9. The fourth-order valence-corrected chi connectivity index (χ4v) is 10.4. The molecule has 2 heteroatoms. The Morgan fingerprint density at radius 1 is 0.306 bits per heavy atom. The molecule has 8 aromatic rings. The number of nitrogens with zero attached hydrogens (tertiary/aromatic N) is 2. The van der Waals surface area contributed by atoms with E-state index in [1.165, 1.54) is 77.8 Å². The normalized spacial score (nSPS) is 14.5. The lowest BCUT2D eigenvalue weighted by molar-refractivity contribution is 0.590. The number of hydrogen-bond donors (Lipinski definition) is 0. The number of hydrogen-bond acceptors (Lipinski definition) is 2. The van der Waals surface area contributed by atoms with Crippen molar-refractivity contribution in [3.05, 3.63) is 203 Å². The molecule has 0 unspecified atom stereocenters. The smallest absolute Gasteiger partial charge is 0.0465 e. The molecule has 0 fully saturated rings. The molecule has 0 saturated heterocycles. The molecule has 62 heavy (non-hydrogen) atoms. The number of para-hydroxylation sites is 2. The molecule has 2 nitrogen and oxygen atoms in total. The Hall–Kier alpha value is -6.38. The molecule has 8 aromatic carbocycles. The van der Waals surface area contributed by atoms with Crippen molar-refractivity contribution in [2.24, 2.45) is 0 Å². The standard InChI is InChI=1S/C60H58N2/c1-57(2,3)39-21-25-43(26-22-39)61(41-17-13-11-14-18-41)45-29-31-47-49-33-34-50-48-32-30-46(62(42-19-15-12-16-20-42)44-27-23-40(24-28-44)58(4,5)6)38-54(48)60(9,10)52-36-35-51(55(49)56(50)52)59(7,8)53(47)37-45/h11-38H,1-10H3. The van der Waals surface area contributed by atoms with Crippen LogP contribution >= 0.6 is 0 Å². The Balaban J connectivity index is 1.11. The maximum absolute atomic E-state index is 2.46. The van der Waals surface area contributed by atoms with Crippen LogP contribution in [0.3, 0.4) is 0 Å². The molecule has 0 aromatic heterocycles. The molecule has 0 N–H and O–H groups in total. The highest BCUT2D eigenvalue weighted by Crippen LogP contribution is 2.57. The maximum Gasteiger partial charge on any atom is 0.0465 e. The van der Waals surface area contributed by atoms with Gasteiger partial charge in [0.15, 0.2) is 0 Å². The zero-order chi connectivity index (χ0) is 43.3. The minimum Gasteiger partial charge on any atom is -0.310 e. The Morgan fingerprint density at radius 2 is 0.613 bits per heavy atom. The van der Waals surface area contributed by atoms with Gasteiger partial charge in [0.05, 0.1) is 0 Å². The Bertz CT molecular complexity index is 2790. The minimum atomic E-state index is -0.235. The molecule has 0 amide bonds. The second kappa shape index (κ2) is 14.1. The van der Waals surface area contributed by atoms with Crippen molar-refractivity contribution in [2.75, 3.05) is 9.80 Å². The lowest BCUT2D eigenvalue weighted by Gasteiger charge is -2.41. The number of fused-ring (bicyclic) bond motifs is 4. The third-order valence-corrected chi connectivity index (χ3v) is 14.0. The minimum absolute atomic E-state index is 0.0870. The summed E-state index contributed by atoms with van der Waals surface area (Å²) in [5.74, 6) is 0. The first kappa shape index (κ1) is 39.7. The molecule has 0 aliphatic heterocycles. The van der Waals surface area contributed by atoms with E-state index in [1.54, 1.807) is 0 Å². The lowest BCUT2D eigenvalue weighted by atomic mass is 9.63. The molecule has 2 aliphatic rings. The molecule has 308 valence electrons.